The molecule has 2 N–H and O–H groups in total. The van der Waals surface area contributed by atoms with Gasteiger partial charge < -0.3 is 10.6 Å². The van der Waals surface area contributed by atoms with Crippen LogP contribution in [0.25, 0.3) is 5.82 Å². The number of nitrogens with one attached hydrogen (secondary N) is 2. The second-order valence-corrected chi connectivity index (χ2v) is 11.2. The summed E-state index contributed by atoms with van der Waals surface area (Å²) in [5, 5.41) is 9.40. The molecule has 0 unspecified atom stereocenters. The fourth-order valence-corrected chi connectivity index (χ4v) is 5.43. The Morgan fingerprint density at radius 3 is 2.40 bits per heavy atom. The molecule has 0 radical (unpaired) electrons. The molecule has 8 nitrogen and oxygen atoms in total. The minimum Gasteiger partial charge on any atom is -0.344 e. The number of carbonyl (C=O) groups excluding carboxylic acids is 2. The molecule has 1 fully saturated rings. The van der Waals surface area contributed by atoms with Crippen LogP contribution in [-0.4, -0.2) is 50.1 Å². The SMILES string of the molecule is Cc1cc(Cl)cc(C(=O)NC2(C)CN(Cc3ccccc3)C2)c1NC(=O)c1cc(C(F)(F)F)nn1-c1ncccc1Cl. The minimum atomic E-state index is -4.84. The Bertz CT molecular complexity index is 1650. The number of halogens is 5. The van der Waals surface area contributed by atoms with Crippen molar-refractivity contribution in [1.82, 2.24) is 25.0 Å². The summed E-state index contributed by atoms with van der Waals surface area (Å²) < 4.78 is 41.5. The van der Waals surface area contributed by atoms with Gasteiger partial charge in [-0.15, -0.1) is 0 Å². The Balaban J connectivity index is 1.40. The summed E-state index contributed by atoms with van der Waals surface area (Å²) in [5.41, 5.74) is -0.582. The molecule has 3 heterocycles. The Labute approximate surface area is 249 Å². The number of hydrogen-bond donors (Lipinski definition) is 2. The van der Waals surface area contributed by atoms with Crippen LogP contribution in [0.3, 0.4) is 0 Å². The van der Waals surface area contributed by atoms with Gasteiger partial charge in [0.15, 0.2) is 11.5 Å². The molecule has 0 bridgehead atoms. The highest BCUT2D eigenvalue weighted by Crippen LogP contribution is 2.32. The van der Waals surface area contributed by atoms with Gasteiger partial charge in [0.2, 0.25) is 0 Å². The highest BCUT2D eigenvalue weighted by atomic mass is 35.5. The van der Waals surface area contributed by atoms with Gasteiger partial charge in [-0.25, -0.2) is 9.67 Å². The quantitative estimate of drug-likeness (QED) is 0.259. The second-order valence-electron chi connectivity index (χ2n) is 10.4. The highest BCUT2D eigenvalue weighted by Gasteiger charge is 2.40. The second kappa shape index (κ2) is 11.4. The number of aromatic nitrogens is 3. The number of pyridine rings is 1. The Morgan fingerprint density at radius 1 is 1.02 bits per heavy atom. The van der Waals surface area contributed by atoms with E-state index in [-0.39, 0.29) is 27.1 Å². The van der Waals surface area contributed by atoms with Crippen molar-refractivity contribution in [2.75, 3.05) is 18.4 Å². The molecule has 1 saturated heterocycles. The lowest BCUT2D eigenvalue weighted by Crippen LogP contribution is -2.68. The molecule has 5 rings (SSSR count). The summed E-state index contributed by atoms with van der Waals surface area (Å²) in [6, 6.07) is 16.4. The van der Waals surface area contributed by atoms with Gasteiger partial charge in [-0.05, 0) is 49.2 Å². The maximum absolute atomic E-state index is 13.6. The summed E-state index contributed by atoms with van der Waals surface area (Å²) in [6.45, 7) is 5.46. The number of anilines is 1. The van der Waals surface area contributed by atoms with E-state index < -0.39 is 34.9 Å². The van der Waals surface area contributed by atoms with Gasteiger partial charge in [0.05, 0.1) is 21.8 Å². The molecular formula is C29H25Cl2F3N6O2. The van der Waals surface area contributed by atoms with Crippen molar-refractivity contribution < 1.29 is 22.8 Å². The fraction of sp³-hybridized carbons (Fsp3) is 0.241. The van der Waals surface area contributed by atoms with Crippen LogP contribution in [0.1, 0.15) is 44.6 Å². The summed E-state index contributed by atoms with van der Waals surface area (Å²) in [5.74, 6) is -1.61. The summed E-state index contributed by atoms with van der Waals surface area (Å²) in [4.78, 5) is 33.1. The Morgan fingerprint density at radius 2 is 1.74 bits per heavy atom. The van der Waals surface area contributed by atoms with Crippen molar-refractivity contribution in [2.45, 2.75) is 32.1 Å². The van der Waals surface area contributed by atoms with Crippen LogP contribution in [0.2, 0.25) is 10.0 Å². The third-order valence-corrected chi connectivity index (χ3v) is 7.28. The summed E-state index contributed by atoms with van der Waals surface area (Å²) in [6.07, 6.45) is -3.53. The van der Waals surface area contributed by atoms with Crippen molar-refractivity contribution >= 4 is 40.7 Å². The maximum Gasteiger partial charge on any atom is 0.435 e. The van der Waals surface area contributed by atoms with Gasteiger partial charge >= 0.3 is 6.18 Å². The van der Waals surface area contributed by atoms with Gasteiger partial charge in [0.25, 0.3) is 11.8 Å². The molecule has 2 aromatic heterocycles. The van der Waals surface area contributed by atoms with Crippen LogP contribution in [0.15, 0.2) is 66.9 Å². The van der Waals surface area contributed by atoms with E-state index >= 15 is 0 Å². The summed E-state index contributed by atoms with van der Waals surface area (Å²) in [7, 11) is 0. The van der Waals surface area contributed by atoms with E-state index in [1.165, 1.54) is 30.5 Å². The molecule has 218 valence electrons. The van der Waals surface area contributed by atoms with Gasteiger partial charge in [0.1, 0.15) is 5.69 Å². The zero-order valence-corrected chi connectivity index (χ0v) is 24.0. The van der Waals surface area contributed by atoms with E-state index in [0.29, 0.717) is 24.7 Å². The topological polar surface area (TPSA) is 92.2 Å². The molecule has 42 heavy (non-hydrogen) atoms. The van der Waals surface area contributed by atoms with Crippen LogP contribution >= 0.6 is 23.2 Å². The number of nitrogens with zero attached hydrogens (tertiary/aromatic N) is 4. The van der Waals surface area contributed by atoms with Crippen LogP contribution in [-0.2, 0) is 12.7 Å². The van der Waals surface area contributed by atoms with E-state index in [1.54, 1.807) is 6.92 Å². The van der Waals surface area contributed by atoms with Crippen molar-refractivity contribution in [2.24, 2.45) is 0 Å². The standard InChI is InChI=1S/C29H25Cl2F3N6O2/c1-17-11-19(30)12-20(26(41)37-28(2)15-39(16-28)14-18-7-4-3-5-8-18)24(17)36-27(42)22-13-23(29(32,33)34)38-40(22)25-21(31)9-6-10-35-25/h3-13H,14-16H2,1-2H3,(H,36,42)(H,37,41). The third-order valence-electron chi connectivity index (χ3n) is 6.77. The van der Waals surface area contributed by atoms with Gasteiger partial charge in [0, 0.05) is 36.9 Å². The molecule has 4 aromatic rings. The van der Waals surface area contributed by atoms with E-state index in [1.807, 2.05) is 37.3 Å². The molecule has 0 saturated carbocycles. The Kier molecular flexibility index (Phi) is 8.02. The number of hydrogen-bond acceptors (Lipinski definition) is 5. The molecule has 0 aliphatic carbocycles. The number of carbonyl (C=O) groups is 2. The molecule has 13 heteroatoms. The van der Waals surface area contributed by atoms with Crippen molar-refractivity contribution in [3.63, 3.8) is 0 Å². The first-order valence-corrected chi connectivity index (χ1v) is 13.6. The van der Waals surface area contributed by atoms with E-state index in [4.69, 9.17) is 23.2 Å². The number of likely N-dealkylation sites (tertiary alicyclic amines) is 1. The van der Waals surface area contributed by atoms with E-state index in [2.05, 4.69) is 25.6 Å². The lowest BCUT2D eigenvalue weighted by molar-refractivity contribution is -0.141. The zero-order chi connectivity index (χ0) is 30.2. The van der Waals surface area contributed by atoms with Crippen molar-refractivity contribution in [3.05, 3.63) is 105 Å². The lowest BCUT2D eigenvalue weighted by Gasteiger charge is -2.48. The van der Waals surface area contributed by atoms with Crippen LogP contribution in [0.4, 0.5) is 18.9 Å². The molecular weight excluding hydrogens is 592 g/mol. The first kappa shape index (κ1) is 29.6. The predicted molar refractivity (Wildman–Crippen MR) is 153 cm³/mol. The molecule has 0 atom stereocenters. The molecule has 2 aromatic carbocycles. The first-order chi connectivity index (χ1) is 19.8. The molecule has 2 amide bonds. The normalized spacial score (nSPS) is 14.7. The number of benzene rings is 2. The van der Waals surface area contributed by atoms with Gasteiger partial charge in [-0.2, -0.15) is 18.3 Å². The largest absolute Gasteiger partial charge is 0.435 e. The minimum absolute atomic E-state index is 0.0128. The number of rotatable bonds is 7. The van der Waals surface area contributed by atoms with Crippen molar-refractivity contribution in [3.8, 4) is 5.82 Å². The highest BCUT2D eigenvalue weighted by molar-refractivity contribution is 6.32. The predicted octanol–water partition coefficient (Wildman–Crippen LogP) is 6.16. The van der Waals surface area contributed by atoms with Crippen LogP contribution in [0, 0.1) is 6.92 Å². The monoisotopic (exact) mass is 616 g/mol. The maximum atomic E-state index is 13.6. The van der Waals surface area contributed by atoms with Gasteiger partial charge in [-0.1, -0.05) is 53.5 Å². The fourth-order valence-electron chi connectivity index (χ4n) is 4.96. The van der Waals surface area contributed by atoms with Crippen molar-refractivity contribution in [1.29, 1.82) is 0 Å². The smallest absolute Gasteiger partial charge is 0.344 e. The van der Waals surface area contributed by atoms with Crippen LogP contribution in [0.5, 0.6) is 0 Å². The van der Waals surface area contributed by atoms with Crippen LogP contribution < -0.4 is 10.6 Å². The first-order valence-electron chi connectivity index (χ1n) is 12.8. The number of amides is 2. The number of alkyl halides is 3. The van der Waals surface area contributed by atoms with E-state index in [0.717, 1.165) is 16.8 Å². The average molecular weight is 617 g/mol. The summed E-state index contributed by atoms with van der Waals surface area (Å²) >= 11 is 12.4. The molecule has 0 spiro atoms. The zero-order valence-electron chi connectivity index (χ0n) is 22.5. The molecule has 1 aliphatic heterocycles. The third kappa shape index (κ3) is 6.28. The molecule has 1 aliphatic rings. The Hall–Kier alpha value is -3.93. The number of aryl methyl sites for hydroxylation is 1. The van der Waals surface area contributed by atoms with Gasteiger partial charge in [-0.3, -0.25) is 14.5 Å². The lowest BCUT2D eigenvalue weighted by atomic mass is 9.91. The van der Waals surface area contributed by atoms with E-state index in [9.17, 15) is 22.8 Å². The average Bonchev–Trinajstić information content (AvgIpc) is 3.36.